The zero-order valence-electron chi connectivity index (χ0n) is 7.81. The van der Waals surface area contributed by atoms with Gasteiger partial charge in [0.2, 0.25) is 5.88 Å². The van der Waals surface area contributed by atoms with Gasteiger partial charge in [-0.25, -0.2) is 9.78 Å². The van der Waals surface area contributed by atoms with Crippen LogP contribution in [-0.4, -0.2) is 34.4 Å². The van der Waals surface area contributed by atoms with Gasteiger partial charge in [0.15, 0.2) is 0 Å². The third kappa shape index (κ3) is 3.73. The first-order valence-electron chi connectivity index (χ1n) is 4.28. The highest BCUT2D eigenvalue weighted by Crippen LogP contribution is 2.16. The molecule has 0 unspecified atom stereocenters. The number of aromatic nitrogens is 1. The standard InChI is InChI=1S/C9H10ClNO4/c10-7-4-6(9(13)14)5-8(11-7)15-3-1-2-12/h4-5,12H,1-3H2,(H,13,14). The molecule has 1 heterocycles. The van der Waals surface area contributed by atoms with Gasteiger partial charge in [-0.15, -0.1) is 0 Å². The van der Waals surface area contributed by atoms with Gasteiger partial charge in [0.1, 0.15) is 5.15 Å². The van der Waals surface area contributed by atoms with Gasteiger partial charge in [0.05, 0.1) is 12.2 Å². The van der Waals surface area contributed by atoms with Crippen molar-refractivity contribution in [2.75, 3.05) is 13.2 Å². The van der Waals surface area contributed by atoms with Crippen LogP contribution < -0.4 is 4.74 Å². The Bertz CT molecular complexity index is 356. The molecule has 0 radical (unpaired) electrons. The molecular formula is C9H10ClNO4. The SMILES string of the molecule is O=C(O)c1cc(Cl)nc(OCCCO)c1. The lowest BCUT2D eigenvalue weighted by atomic mass is 10.3. The summed E-state index contributed by atoms with van der Waals surface area (Å²) in [5.41, 5.74) is 0.0222. The van der Waals surface area contributed by atoms with E-state index in [1.165, 1.54) is 12.1 Å². The van der Waals surface area contributed by atoms with Gasteiger partial charge in [-0.2, -0.15) is 0 Å². The van der Waals surface area contributed by atoms with E-state index in [-0.39, 0.29) is 29.8 Å². The van der Waals surface area contributed by atoms with Crippen molar-refractivity contribution in [3.8, 4) is 5.88 Å². The topological polar surface area (TPSA) is 79.7 Å². The Morgan fingerprint density at radius 3 is 2.87 bits per heavy atom. The fraction of sp³-hybridized carbons (Fsp3) is 0.333. The van der Waals surface area contributed by atoms with Gasteiger partial charge in [0.25, 0.3) is 0 Å². The number of pyridine rings is 1. The van der Waals surface area contributed by atoms with Crippen molar-refractivity contribution < 1.29 is 19.7 Å². The number of rotatable bonds is 5. The minimum atomic E-state index is -1.09. The summed E-state index contributed by atoms with van der Waals surface area (Å²) in [5.74, 6) is -0.945. The zero-order chi connectivity index (χ0) is 11.3. The Kier molecular flexibility index (Phi) is 4.33. The van der Waals surface area contributed by atoms with E-state index in [1.807, 2.05) is 0 Å². The van der Waals surface area contributed by atoms with Crippen LogP contribution >= 0.6 is 11.6 Å². The van der Waals surface area contributed by atoms with Crippen molar-refractivity contribution in [3.63, 3.8) is 0 Å². The number of nitrogens with zero attached hydrogens (tertiary/aromatic N) is 1. The number of aliphatic hydroxyl groups excluding tert-OH is 1. The lowest BCUT2D eigenvalue weighted by Crippen LogP contribution is -2.03. The molecule has 0 saturated heterocycles. The Morgan fingerprint density at radius 2 is 2.27 bits per heavy atom. The fourth-order valence-electron chi connectivity index (χ4n) is 0.912. The van der Waals surface area contributed by atoms with Crippen LogP contribution in [0.4, 0.5) is 0 Å². The Labute approximate surface area is 91.3 Å². The molecule has 0 amide bonds. The van der Waals surface area contributed by atoms with Crippen LogP contribution in [0.5, 0.6) is 5.88 Å². The van der Waals surface area contributed by atoms with E-state index in [0.29, 0.717) is 6.42 Å². The average Bonchev–Trinajstić information content (AvgIpc) is 2.17. The maximum Gasteiger partial charge on any atom is 0.335 e. The molecule has 5 nitrogen and oxygen atoms in total. The lowest BCUT2D eigenvalue weighted by molar-refractivity contribution is 0.0696. The van der Waals surface area contributed by atoms with E-state index in [1.54, 1.807) is 0 Å². The van der Waals surface area contributed by atoms with Crippen LogP contribution in [0.25, 0.3) is 0 Å². The van der Waals surface area contributed by atoms with Crippen molar-refractivity contribution >= 4 is 17.6 Å². The molecule has 1 aromatic rings. The predicted octanol–water partition coefficient (Wildman–Crippen LogP) is 1.19. The first kappa shape index (κ1) is 11.7. The minimum Gasteiger partial charge on any atom is -0.478 e. The highest BCUT2D eigenvalue weighted by atomic mass is 35.5. The summed E-state index contributed by atoms with van der Waals surface area (Å²) in [6, 6.07) is 2.52. The molecule has 0 aromatic carbocycles. The molecule has 0 aliphatic heterocycles. The van der Waals surface area contributed by atoms with E-state index >= 15 is 0 Å². The molecule has 0 spiro atoms. The summed E-state index contributed by atoms with van der Waals surface area (Å²) < 4.78 is 5.10. The molecule has 1 aromatic heterocycles. The molecule has 1 rings (SSSR count). The number of carboxylic acids is 1. The molecule has 0 atom stereocenters. The predicted molar refractivity (Wildman–Crippen MR) is 53.4 cm³/mol. The number of aromatic carboxylic acids is 1. The smallest absolute Gasteiger partial charge is 0.335 e. The quantitative estimate of drug-likeness (QED) is 0.588. The molecule has 15 heavy (non-hydrogen) atoms. The van der Waals surface area contributed by atoms with Crippen molar-refractivity contribution in [3.05, 3.63) is 22.8 Å². The largest absolute Gasteiger partial charge is 0.478 e. The monoisotopic (exact) mass is 231 g/mol. The van der Waals surface area contributed by atoms with E-state index in [4.69, 9.17) is 26.6 Å². The maximum absolute atomic E-state index is 10.7. The summed E-state index contributed by atoms with van der Waals surface area (Å²) in [5, 5.41) is 17.3. The van der Waals surface area contributed by atoms with Gasteiger partial charge >= 0.3 is 5.97 Å². The zero-order valence-corrected chi connectivity index (χ0v) is 8.57. The van der Waals surface area contributed by atoms with E-state index in [0.717, 1.165) is 0 Å². The average molecular weight is 232 g/mol. The van der Waals surface area contributed by atoms with Crippen molar-refractivity contribution in [1.29, 1.82) is 0 Å². The van der Waals surface area contributed by atoms with Crippen molar-refractivity contribution in [1.82, 2.24) is 4.98 Å². The molecule has 0 bridgehead atoms. The van der Waals surface area contributed by atoms with Gasteiger partial charge in [-0.3, -0.25) is 0 Å². The Hall–Kier alpha value is -1.33. The second-order valence-corrected chi connectivity index (χ2v) is 3.13. The number of aliphatic hydroxyl groups is 1. The Balaban J connectivity index is 2.75. The maximum atomic E-state index is 10.7. The van der Waals surface area contributed by atoms with Crippen LogP contribution in [0, 0.1) is 0 Å². The van der Waals surface area contributed by atoms with Gasteiger partial charge in [0, 0.05) is 19.1 Å². The number of carbonyl (C=O) groups is 1. The molecule has 0 fully saturated rings. The molecule has 0 saturated carbocycles. The highest BCUT2D eigenvalue weighted by Gasteiger charge is 2.07. The van der Waals surface area contributed by atoms with Crippen LogP contribution in [0.3, 0.4) is 0 Å². The summed E-state index contributed by atoms with van der Waals surface area (Å²) in [6.45, 7) is 0.273. The van der Waals surface area contributed by atoms with Gasteiger partial charge in [-0.05, 0) is 6.07 Å². The third-order valence-electron chi connectivity index (χ3n) is 1.57. The first-order valence-corrected chi connectivity index (χ1v) is 4.66. The van der Waals surface area contributed by atoms with Gasteiger partial charge < -0.3 is 14.9 Å². The van der Waals surface area contributed by atoms with Crippen LogP contribution in [0.15, 0.2) is 12.1 Å². The van der Waals surface area contributed by atoms with Crippen molar-refractivity contribution in [2.45, 2.75) is 6.42 Å². The normalized spacial score (nSPS) is 10.0. The molecule has 0 aliphatic carbocycles. The fourth-order valence-corrected chi connectivity index (χ4v) is 1.11. The van der Waals surface area contributed by atoms with Crippen LogP contribution in [0.1, 0.15) is 16.8 Å². The minimum absolute atomic E-state index is 0.00630. The van der Waals surface area contributed by atoms with Crippen molar-refractivity contribution in [2.24, 2.45) is 0 Å². The summed E-state index contributed by atoms with van der Waals surface area (Å²) in [4.78, 5) is 14.4. The third-order valence-corrected chi connectivity index (χ3v) is 1.76. The summed E-state index contributed by atoms with van der Waals surface area (Å²) >= 11 is 5.60. The lowest BCUT2D eigenvalue weighted by Gasteiger charge is -2.05. The molecule has 2 N–H and O–H groups in total. The van der Waals surface area contributed by atoms with E-state index < -0.39 is 5.97 Å². The van der Waals surface area contributed by atoms with Crippen LogP contribution in [-0.2, 0) is 0 Å². The second-order valence-electron chi connectivity index (χ2n) is 2.75. The molecule has 82 valence electrons. The first-order chi connectivity index (χ1) is 7.13. The molecule has 6 heteroatoms. The number of hydrogen-bond acceptors (Lipinski definition) is 4. The number of carboxylic acid groups (broad SMARTS) is 1. The van der Waals surface area contributed by atoms with Gasteiger partial charge in [-0.1, -0.05) is 11.6 Å². The Morgan fingerprint density at radius 1 is 1.53 bits per heavy atom. The van der Waals surface area contributed by atoms with E-state index in [9.17, 15) is 4.79 Å². The summed E-state index contributed by atoms with van der Waals surface area (Å²) in [7, 11) is 0. The molecular weight excluding hydrogens is 222 g/mol. The van der Waals surface area contributed by atoms with Crippen LogP contribution in [0.2, 0.25) is 5.15 Å². The molecule has 0 aliphatic rings. The van der Waals surface area contributed by atoms with E-state index in [2.05, 4.69) is 4.98 Å². The second kappa shape index (κ2) is 5.53. The number of ether oxygens (including phenoxy) is 1. The summed E-state index contributed by atoms with van der Waals surface area (Å²) in [6.07, 6.45) is 0.455. The number of halogens is 1. The highest BCUT2D eigenvalue weighted by molar-refractivity contribution is 6.29. The number of hydrogen-bond donors (Lipinski definition) is 2.